The fourth-order valence-corrected chi connectivity index (χ4v) is 0.898. The molecule has 0 heterocycles. The number of rotatable bonds is 1. The lowest BCUT2D eigenvalue weighted by atomic mass is 10.8. The van der Waals surface area contributed by atoms with E-state index in [0.717, 1.165) is 0 Å². The molecular weight excluding hydrogens is 181 g/mol. The van der Waals surface area contributed by atoms with Crippen LogP contribution in [0.5, 0.6) is 0 Å². The van der Waals surface area contributed by atoms with Crippen LogP contribution in [0.25, 0.3) is 0 Å². The van der Waals surface area contributed by atoms with E-state index < -0.39 is 10.7 Å². The van der Waals surface area contributed by atoms with Gasteiger partial charge in [0.25, 0.3) is 5.91 Å². The number of carbonyl (C=O) groups excluding carboxylic acids is 1. The number of halogens is 2. The molecular formula is C4H7Cl2NOS. The van der Waals surface area contributed by atoms with Gasteiger partial charge in [-0.05, 0) is 12.5 Å². The topological polar surface area (TPSA) is 29.4 Å². The number of hydrogen-bond acceptors (Lipinski definition) is 1. The Hall–Kier alpha value is 0.400. The van der Waals surface area contributed by atoms with E-state index in [-0.39, 0.29) is 10.7 Å². The van der Waals surface area contributed by atoms with E-state index in [2.05, 4.69) is 4.36 Å². The predicted molar refractivity (Wildman–Crippen MR) is 42.1 cm³/mol. The molecule has 0 aromatic rings. The molecule has 0 aliphatic carbocycles. The summed E-state index contributed by atoms with van der Waals surface area (Å²) in [6.45, 7) is 0. The minimum Gasteiger partial charge on any atom is -0.269 e. The van der Waals surface area contributed by atoms with Crippen molar-refractivity contribution in [1.29, 1.82) is 0 Å². The van der Waals surface area contributed by atoms with Crippen molar-refractivity contribution in [1.82, 2.24) is 0 Å². The second kappa shape index (κ2) is 4.25. The molecule has 0 aliphatic rings. The summed E-state index contributed by atoms with van der Waals surface area (Å²) in [4.78, 5) is 9.53. The number of alkyl halides is 2. The van der Waals surface area contributed by atoms with Crippen LogP contribution < -0.4 is 0 Å². The van der Waals surface area contributed by atoms with E-state index in [0.29, 0.717) is 0 Å². The van der Waals surface area contributed by atoms with Gasteiger partial charge < -0.3 is 0 Å². The van der Waals surface area contributed by atoms with Crippen molar-refractivity contribution >= 4 is 39.8 Å². The third-order valence-corrected chi connectivity index (χ3v) is 1.38. The van der Waals surface area contributed by atoms with Gasteiger partial charge in [0.05, 0.1) is 0 Å². The zero-order valence-electron chi connectivity index (χ0n) is 5.10. The van der Waals surface area contributed by atoms with E-state index in [1.165, 1.54) is 0 Å². The number of carbonyl (C=O) groups is 1. The van der Waals surface area contributed by atoms with Crippen LogP contribution in [-0.4, -0.2) is 23.3 Å². The first-order chi connectivity index (χ1) is 4.04. The van der Waals surface area contributed by atoms with Crippen LogP contribution in [-0.2, 0) is 15.5 Å². The van der Waals surface area contributed by atoms with Crippen molar-refractivity contribution in [3.8, 4) is 0 Å². The Morgan fingerprint density at radius 3 is 2.11 bits per heavy atom. The highest BCUT2D eigenvalue weighted by atomic mass is 35.5. The van der Waals surface area contributed by atoms with Crippen LogP contribution in [0.4, 0.5) is 0 Å². The van der Waals surface area contributed by atoms with Crippen molar-refractivity contribution in [2.75, 3.05) is 12.5 Å². The third kappa shape index (κ3) is 4.88. The average Bonchev–Trinajstić information content (AvgIpc) is 1.63. The summed E-state index contributed by atoms with van der Waals surface area (Å²) in [6, 6.07) is 0. The molecule has 2 nitrogen and oxygen atoms in total. The molecule has 0 N–H and O–H groups in total. The number of amides is 1. The molecule has 0 spiro atoms. The molecule has 0 aromatic carbocycles. The first-order valence-electron chi connectivity index (χ1n) is 2.15. The first kappa shape index (κ1) is 9.40. The molecule has 5 heteroatoms. The summed E-state index contributed by atoms with van der Waals surface area (Å²) >= 11 is 10.4. The molecule has 0 bridgehead atoms. The highest BCUT2D eigenvalue weighted by molar-refractivity contribution is 7.86. The van der Waals surface area contributed by atoms with Gasteiger partial charge in [-0.3, -0.25) is 4.79 Å². The summed E-state index contributed by atoms with van der Waals surface area (Å²) in [5.41, 5.74) is 0. The predicted octanol–water partition coefficient (Wildman–Crippen LogP) is 1.38. The Morgan fingerprint density at radius 1 is 1.56 bits per heavy atom. The van der Waals surface area contributed by atoms with Crippen LogP contribution in [0, 0.1) is 0 Å². The molecule has 0 fully saturated rings. The van der Waals surface area contributed by atoms with Crippen molar-refractivity contribution in [3.63, 3.8) is 0 Å². The molecule has 0 unspecified atom stereocenters. The zero-order chi connectivity index (χ0) is 7.44. The van der Waals surface area contributed by atoms with Crippen LogP contribution in [0.15, 0.2) is 4.36 Å². The maximum Gasteiger partial charge on any atom is 0.284 e. The molecule has 0 aliphatic heterocycles. The van der Waals surface area contributed by atoms with Gasteiger partial charge in [-0.1, -0.05) is 33.9 Å². The van der Waals surface area contributed by atoms with Crippen LogP contribution >= 0.6 is 23.2 Å². The smallest absolute Gasteiger partial charge is 0.269 e. The molecule has 54 valence electrons. The van der Waals surface area contributed by atoms with E-state index in [1.54, 1.807) is 0 Å². The van der Waals surface area contributed by atoms with E-state index in [4.69, 9.17) is 23.2 Å². The quantitative estimate of drug-likeness (QED) is 0.571. The van der Waals surface area contributed by atoms with Crippen LogP contribution in [0.2, 0.25) is 0 Å². The van der Waals surface area contributed by atoms with Gasteiger partial charge in [0.15, 0.2) is 4.84 Å². The first-order valence-corrected chi connectivity index (χ1v) is 5.02. The van der Waals surface area contributed by atoms with Crippen LogP contribution in [0.3, 0.4) is 0 Å². The maximum absolute atomic E-state index is 10.5. The molecule has 0 atom stereocenters. The Kier molecular flexibility index (Phi) is 4.44. The van der Waals surface area contributed by atoms with E-state index in [9.17, 15) is 4.79 Å². The summed E-state index contributed by atoms with van der Waals surface area (Å²) in [7, 11) is -0.260. The zero-order valence-corrected chi connectivity index (χ0v) is 7.43. The highest BCUT2D eigenvalue weighted by Gasteiger charge is 2.08. The Morgan fingerprint density at radius 2 is 2.00 bits per heavy atom. The molecule has 1 amide bonds. The molecule has 0 radical (unpaired) electrons. The Balaban J connectivity index is 3.93. The van der Waals surface area contributed by atoms with Gasteiger partial charge in [0, 0.05) is 0 Å². The average molecular weight is 188 g/mol. The third-order valence-electron chi connectivity index (χ3n) is 0.459. The highest BCUT2D eigenvalue weighted by Crippen LogP contribution is 2.03. The molecule has 0 saturated carbocycles. The van der Waals surface area contributed by atoms with Gasteiger partial charge in [0.2, 0.25) is 0 Å². The van der Waals surface area contributed by atoms with Crippen molar-refractivity contribution in [3.05, 3.63) is 0 Å². The summed E-state index contributed by atoms with van der Waals surface area (Å²) in [5.74, 6) is -0.452. The fraction of sp³-hybridized carbons (Fsp3) is 0.750. The van der Waals surface area contributed by atoms with E-state index in [1.807, 2.05) is 12.5 Å². The fourth-order valence-electron chi connectivity index (χ4n) is 0.220. The SMILES string of the molecule is CS(C)=NC(=O)C(Cl)Cl. The summed E-state index contributed by atoms with van der Waals surface area (Å²) in [6.07, 6.45) is 3.63. The lowest BCUT2D eigenvalue weighted by Gasteiger charge is -1.92. The Labute approximate surface area is 66.6 Å². The molecule has 0 saturated heterocycles. The number of hydrogen-bond donors (Lipinski definition) is 0. The normalized spacial score (nSPS) is 10.4. The second-order valence-corrected chi connectivity index (χ2v) is 4.33. The minimum absolute atomic E-state index is 0.260. The lowest BCUT2D eigenvalue weighted by molar-refractivity contribution is -0.116. The van der Waals surface area contributed by atoms with Crippen molar-refractivity contribution in [2.45, 2.75) is 4.84 Å². The standard InChI is InChI=1S/C4H7Cl2NOS/c1-9(2)7-4(8)3(5)6/h3H,1-2H3. The van der Waals surface area contributed by atoms with Gasteiger partial charge in [-0.25, -0.2) is 0 Å². The number of nitrogens with zero attached hydrogens (tertiary/aromatic N) is 1. The molecule has 0 aromatic heterocycles. The largest absolute Gasteiger partial charge is 0.284 e. The van der Waals surface area contributed by atoms with Crippen molar-refractivity contribution in [2.24, 2.45) is 4.36 Å². The second-order valence-electron chi connectivity index (χ2n) is 1.50. The Bertz CT molecular complexity index is 142. The van der Waals surface area contributed by atoms with Gasteiger partial charge >= 0.3 is 0 Å². The minimum atomic E-state index is -1.00. The lowest BCUT2D eigenvalue weighted by Crippen LogP contribution is -2.04. The van der Waals surface area contributed by atoms with Gasteiger partial charge in [0.1, 0.15) is 0 Å². The summed E-state index contributed by atoms with van der Waals surface area (Å²) < 4.78 is 3.60. The molecule has 9 heavy (non-hydrogen) atoms. The maximum atomic E-state index is 10.5. The monoisotopic (exact) mass is 187 g/mol. The van der Waals surface area contributed by atoms with E-state index >= 15 is 0 Å². The van der Waals surface area contributed by atoms with Gasteiger partial charge in [-0.2, -0.15) is 4.36 Å². The van der Waals surface area contributed by atoms with Gasteiger partial charge in [-0.15, -0.1) is 0 Å². The van der Waals surface area contributed by atoms with Crippen LogP contribution in [0.1, 0.15) is 0 Å². The molecule has 0 rings (SSSR count). The van der Waals surface area contributed by atoms with Crippen molar-refractivity contribution < 1.29 is 4.79 Å². The summed E-state index contributed by atoms with van der Waals surface area (Å²) in [5, 5.41) is 0.